The van der Waals surface area contributed by atoms with Crippen molar-refractivity contribution in [2.45, 2.75) is 26.6 Å². The molecule has 164 valence electrons. The highest BCUT2D eigenvalue weighted by molar-refractivity contribution is 6.35. The van der Waals surface area contributed by atoms with Gasteiger partial charge in [-0.05, 0) is 48.4 Å². The summed E-state index contributed by atoms with van der Waals surface area (Å²) in [7, 11) is 1.66. The molecular formula is C24H24Cl3NO3. The third-order valence-corrected chi connectivity index (χ3v) is 5.55. The van der Waals surface area contributed by atoms with Gasteiger partial charge in [0.05, 0.1) is 13.7 Å². The number of hydrogen-bond acceptors (Lipinski definition) is 4. The van der Waals surface area contributed by atoms with E-state index >= 15 is 0 Å². The fourth-order valence-electron chi connectivity index (χ4n) is 2.97. The zero-order chi connectivity index (χ0) is 22.2. The average Bonchev–Trinajstić information content (AvgIpc) is 2.76. The van der Waals surface area contributed by atoms with Crippen LogP contribution in [0, 0.1) is 0 Å². The van der Waals surface area contributed by atoms with E-state index < -0.39 is 0 Å². The summed E-state index contributed by atoms with van der Waals surface area (Å²) < 4.78 is 16.9. The summed E-state index contributed by atoms with van der Waals surface area (Å²) in [6.45, 7) is 4.02. The van der Waals surface area contributed by atoms with Crippen LogP contribution in [0.25, 0.3) is 0 Å². The van der Waals surface area contributed by atoms with Gasteiger partial charge in [0.15, 0.2) is 11.5 Å². The molecule has 31 heavy (non-hydrogen) atoms. The standard InChI is InChI=1S/C24H24Cl3NO3/c1-3-30-23-10-18(14-28-13-16-4-8-20(29-2)9-5-16)22(27)12-24(23)31-15-17-6-7-19(25)11-21(17)26/h4-12,28H,3,13-15H2,1-2H3. The van der Waals surface area contributed by atoms with Crippen molar-refractivity contribution in [3.05, 3.63) is 86.4 Å². The molecule has 0 atom stereocenters. The summed E-state index contributed by atoms with van der Waals surface area (Å²) in [4.78, 5) is 0. The van der Waals surface area contributed by atoms with Crippen LogP contribution in [0.5, 0.6) is 17.2 Å². The second-order valence-electron chi connectivity index (χ2n) is 6.80. The van der Waals surface area contributed by atoms with Crippen molar-refractivity contribution in [2.24, 2.45) is 0 Å². The van der Waals surface area contributed by atoms with Gasteiger partial charge in [-0.25, -0.2) is 0 Å². The molecule has 3 aromatic rings. The van der Waals surface area contributed by atoms with Crippen molar-refractivity contribution < 1.29 is 14.2 Å². The van der Waals surface area contributed by atoms with Crippen LogP contribution < -0.4 is 19.5 Å². The van der Waals surface area contributed by atoms with Gasteiger partial charge >= 0.3 is 0 Å². The Morgan fingerprint density at radius 3 is 2.16 bits per heavy atom. The summed E-state index contributed by atoms with van der Waals surface area (Å²) in [5.74, 6) is 2.04. The molecule has 0 radical (unpaired) electrons. The van der Waals surface area contributed by atoms with E-state index in [1.807, 2.05) is 43.3 Å². The molecule has 0 saturated heterocycles. The summed E-state index contributed by atoms with van der Waals surface area (Å²) in [5.41, 5.74) is 2.91. The van der Waals surface area contributed by atoms with Gasteiger partial charge in [0, 0.05) is 39.8 Å². The van der Waals surface area contributed by atoms with Crippen molar-refractivity contribution in [3.8, 4) is 17.2 Å². The molecule has 0 spiro atoms. The monoisotopic (exact) mass is 479 g/mol. The third kappa shape index (κ3) is 6.68. The van der Waals surface area contributed by atoms with Crippen LogP contribution in [0.4, 0.5) is 0 Å². The quantitative estimate of drug-likeness (QED) is 0.342. The molecule has 0 amide bonds. The van der Waals surface area contributed by atoms with Gasteiger partial charge in [-0.15, -0.1) is 0 Å². The van der Waals surface area contributed by atoms with E-state index in [2.05, 4.69) is 5.32 Å². The van der Waals surface area contributed by atoms with Crippen LogP contribution in [0.2, 0.25) is 15.1 Å². The fourth-order valence-corrected chi connectivity index (χ4v) is 3.66. The van der Waals surface area contributed by atoms with Crippen molar-refractivity contribution in [2.75, 3.05) is 13.7 Å². The van der Waals surface area contributed by atoms with Crippen LogP contribution in [-0.4, -0.2) is 13.7 Å². The maximum Gasteiger partial charge on any atom is 0.163 e. The first kappa shape index (κ1) is 23.6. The third-order valence-electron chi connectivity index (χ3n) is 4.61. The van der Waals surface area contributed by atoms with Crippen molar-refractivity contribution in [3.63, 3.8) is 0 Å². The highest BCUT2D eigenvalue weighted by Gasteiger charge is 2.12. The van der Waals surface area contributed by atoms with E-state index in [-0.39, 0.29) is 6.61 Å². The molecule has 0 saturated carbocycles. The number of methoxy groups -OCH3 is 1. The Labute approximate surface area is 198 Å². The van der Waals surface area contributed by atoms with Gasteiger partial charge in [-0.3, -0.25) is 0 Å². The molecule has 7 heteroatoms. The summed E-state index contributed by atoms with van der Waals surface area (Å²) >= 11 is 18.7. The predicted octanol–water partition coefficient (Wildman–Crippen LogP) is 6.92. The van der Waals surface area contributed by atoms with Crippen molar-refractivity contribution in [1.82, 2.24) is 5.32 Å². The Bertz CT molecular complexity index is 1010. The Hall–Kier alpha value is -2.11. The molecule has 3 rings (SSSR count). The zero-order valence-electron chi connectivity index (χ0n) is 17.4. The zero-order valence-corrected chi connectivity index (χ0v) is 19.7. The van der Waals surface area contributed by atoms with Crippen LogP contribution in [0.3, 0.4) is 0 Å². The largest absolute Gasteiger partial charge is 0.497 e. The molecule has 0 bridgehead atoms. The minimum Gasteiger partial charge on any atom is -0.497 e. The first-order valence-electron chi connectivity index (χ1n) is 9.85. The predicted molar refractivity (Wildman–Crippen MR) is 127 cm³/mol. The van der Waals surface area contributed by atoms with Gasteiger partial charge in [-0.2, -0.15) is 0 Å². The smallest absolute Gasteiger partial charge is 0.163 e. The van der Waals surface area contributed by atoms with Gasteiger partial charge in [0.1, 0.15) is 12.4 Å². The lowest BCUT2D eigenvalue weighted by atomic mass is 10.1. The Morgan fingerprint density at radius 1 is 0.774 bits per heavy atom. The van der Waals surface area contributed by atoms with Gasteiger partial charge in [0.2, 0.25) is 0 Å². The van der Waals surface area contributed by atoms with E-state index in [0.29, 0.717) is 46.3 Å². The lowest BCUT2D eigenvalue weighted by molar-refractivity contribution is 0.269. The first-order valence-corrected chi connectivity index (χ1v) is 11.0. The summed E-state index contributed by atoms with van der Waals surface area (Å²) in [6, 6.07) is 16.9. The van der Waals surface area contributed by atoms with E-state index in [9.17, 15) is 0 Å². The van der Waals surface area contributed by atoms with E-state index in [1.165, 1.54) is 0 Å². The Kier molecular flexibility index (Phi) is 8.73. The van der Waals surface area contributed by atoms with E-state index in [1.54, 1.807) is 25.3 Å². The Balaban J connectivity index is 1.67. The first-order chi connectivity index (χ1) is 15.0. The maximum atomic E-state index is 6.52. The van der Waals surface area contributed by atoms with Crippen LogP contribution in [0.15, 0.2) is 54.6 Å². The number of ether oxygens (including phenoxy) is 3. The molecule has 0 aliphatic rings. The van der Waals surface area contributed by atoms with E-state index in [4.69, 9.17) is 49.0 Å². The minimum absolute atomic E-state index is 0.279. The fraction of sp³-hybridized carbons (Fsp3) is 0.250. The lowest BCUT2D eigenvalue weighted by Gasteiger charge is -2.16. The topological polar surface area (TPSA) is 39.7 Å². The number of halogens is 3. The highest BCUT2D eigenvalue weighted by atomic mass is 35.5. The van der Waals surface area contributed by atoms with Crippen molar-refractivity contribution in [1.29, 1.82) is 0 Å². The molecule has 0 unspecified atom stereocenters. The van der Waals surface area contributed by atoms with Gasteiger partial charge in [-0.1, -0.05) is 53.0 Å². The molecule has 0 aliphatic heterocycles. The van der Waals surface area contributed by atoms with Gasteiger partial charge in [0.25, 0.3) is 0 Å². The molecule has 0 aliphatic carbocycles. The molecule has 3 aromatic carbocycles. The second kappa shape index (κ2) is 11.5. The van der Waals surface area contributed by atoms with E-state index in [0.717, 1.165) is 22.4 Å². The molecule has 1 N–H and O–H groups in total. The Morgan fingerprint density at radius 2 is 1.48 bits per heavy atom. The van der Waals surface area contributed by atoms with Crippen molar-refractivity contribution >= 4 is 34.8 Å². The number of rotatable bonds is 10. The molecule has 4 nitrogen and oxygen atoms in total. The highest BCUT2D eigenvalue weighted by Crippen LogP contribution is 2.35. The van der Waals surface area contributed by atoms with Gasteiger partial charge < -0.3 is 19.5 Å². The minimum atomic E-state index is 0.279. The van der Waals surface area contributed by atoms with Crippen LogP contribution >= 0.6 is 34.8 Å². The lowest BCUT2D eigenvalue weighted by Crippen LogP contribution is -2.13. The molecule has 0 heterocycles. The summed E-state index contributed by atoms with van der Waals surface area (Å²) in [6.07, 6.45) is 0. The average molecular weight is 481 g/mol. The molecule has 0 aromatic heterocycles. The number of hydrogen-bond donors (Lipinski definition) is 1. The molecule has 0 fully saturated rings. The second-order valence-corrected chi connectivity index (χ2v) is 8.05. The normalized spacial score (nSPS) is 10.7. The van der Waals surface area contributed by atoms with Crippen LogP contribution in [-0.2, 0) is 19.7 Å². The van der Waals surface area contributed by atoms with Crippen LogP contribution in [0.1, 0.15) is 23.6 Å². The number of nitrogens with one attached hydrogen (secondary N) is 1. The summed E-state index contributed by atoms with van der Waals surface area (Å²) in [5, 5.41) is 5.14. The number of benzene rings is 3. The SMILES string of the molecule is CCOc1cc(CNCc2ccc(OC)cc2)c(Cl)cc1OCc1ccc(Cl)cc1Cl. The maximum absolute atomic E-state index is 6.52. The molecular weight excluding hydrogens is 457 g/mol.